The molecule has 7 nitrogen and oxygen atoms in total. The summed E-state index contributed by atoms with van der Waals surface area (Å²) in [4.78, 5) is 19.7. The fraction of sp³-hybridized carbons (Fsp3) is 0.143. The first kappa shape index (κ1) is 19.7. The van der Waals surface area contributed by atoms with Gasteiger partial charge in [0.15, 0.2) is 0 Å². The molecular weight excluding hydrogens is 402 g/mol. The van der Waals surface area contributed by atoms with E-state index in [-0.39, 0.29) is 21.8 Å². The average molecular weight is 410 g/mol. The molecule has 0 amide bonds. The Morgan fingerprint density at radius 2 is 1.65 bits per heavy atom. The highest BCUT2D eigenvalue weighted by molar-refractivity contribution is 6.39. The number of hydrogen-bond acceptors (Lipinski definition) is 5. The van der Waals surface area contributed by atoms with E-state index in [0.29, 0.717) is 11.6 Å². The third kappa shape index (κ3) is 3.81. The standard InChI is InChI=1S/C14H8Cl2F3N3O4/c1-6-2-3-9(15)13(11(6)16)20-12-8(14(17,18)19)4-7(21(23)24)5-10(12)22(25)26/h2-5,20H,1H3. The molecule has 0 saturated heterocycles. The van der Waals surface area contributed by atoms with Gasteiger partial charge in [-0.1, -0.05) is 29.3 Å². The molecule has 2 rings (SSSR count). The lowest BCUT2D eigenvalue weighted by Gasteiger charge is -2.17. The number of non-ortho nitro benzene ring substituents is 1. The number of nitro benzene ring substituents is 2. The van der Waals surface area contributed by atoms with E-state index < -0.39 is 38.6 Å². The first-order valence-electron chi connectivity index (χ1n) is 6.69. The van der Waals surface area contributed by atoms with Crippen molar-refractivity contribution in [1.82, 2.24) is 0 Å². The molecule has 0 saturated carbocycles. The SMILES string of the molecule is Cc1ccc(Cl)c(Nc2c([N+](=O)[O-])cc([N+](=O)[O-])cc2C(F)(F)F)c1Cl. The third-order valence-corrected chi connectivity index (χ3v) is 4.15. The zero-order valence-corrected chi connectivity index (χ0v) is 14.2. The molecule has 0 radical (unpaired) electrons. The molecule has 0 atom stereocenters. The summed E-state index contributed by atoms with van der Waals surface area (Å²) in [7, 11) is 0. The monoisotopic (exact) mass is 409 g/mol. The van der Waals surface area contributed by atoms with Crippen molar-refractivity contribution in [3.8, 4) is 0 Å². The quantitative estimate of drug-likeness (QED) is 0.501. The van der Waals surface area contributed by atoms with Crippen LogP contribution >= 0.6 is 23.2 Å². The van der Waals surface area contributed by atoms with E-state index >= 15 is 0 Å². The van der Waals surface area contributed by atoms with Gasteiger partial charge < -0.3 is 5.32 Å². The van der Waals surface area contributed by atoms with Crippen LogP contribution in [0.15, 0.2) is 24.3 Å². The number of rotatable bonds is 4. The minimum absolute atomic E-state index is 0.0433. The van der Waals surface area contributed by atoms with Gasteiger partial charge in [0, 0.05) is 6.07 Å². The van der Waals surface area contributed by atoms with E-state index in [1.807, 2.05) is 0 Å². The van der Waals surface area contributed by atoms with Crippen molar-refractivity contribution in [3.63, 3.8) is 0 Å². The second-order valence-corrected chi connectivity index (χ2v) is 5.86. The van der Waals surface area contributed by atoms with E-state index in [1.165, 1.54) is 12.1 Å². The Labute approximate surface area is 153 Å². The molecule has 2 aromatic rings. The lowest BCUT2D eigenvalue weighted by atomic mass is 10.1. The molecule has 12 heteroatoms. The number of alkyl halides is 3. The fourth-order valence-electron chi connectivity index (χ4n) is 2.11. The zero-order valence-electron chi connectivity index (χ0n) is 12.7. The van der Waals surface area contributed by atoms with Crippen molar-refractivity contribution in [1.29, 1.82) is 0 Å². The van der Waals surface area contributed by atoms with Gasteiger partial charge in [0.25, 0.3) is 11.4 Å². The number of nitrogens with one attached hydrogen (secondary N) is 1. The van der Waals surface area contributed by atoms with E-state index in [2.05, 4.69) is 5.32 Å². The van der Waals surface area contributed by atoms with Gasteiger partial charge in [-0.05, 0) is 18.6 Å². The first-order chi connectivity index (χ1) is 11.9. The van der Waals surface area contributed by atoms with Gasteiger partial charge in [0.2, 0.25) is 0 Å². The fourth-order valence-corrected chi connectivity index (χ4v) is 2.58. The number of benzene rings is 2. The van der Waals surface area contributed by atoms with E-state index in [9.17, 15) is 33.4 Å². The molecule has 26 heavy (non-hydrogen) atoms. The Bertz CT molecular complexity index is 919. The van der Waals surface area contributed by atoms with Gasteiger partial charge >= 0.3 is 6.18 Å². The number of nitrogens with zero attached hydrogens (tertiary/aromatic N) is 2. The van der Waals surface area contributed by atoms with Crippen LogP contribution in [0.3, 0.4) is 0 Å². The Hall–Kier alpha value is -2.59. The first-order valence-corrected chi connectivity index (χ1v) is 7.44. The predicted octanol–water partition coefficient (Wildman–Crippen LogP) is 5.88. The van der Waals surface area contributed by atoms with Crippen LogP contribution in [0.1, 0.15) is 11.1 Å². The summed E-state index contributed by atoms with van der Waals surface area (Å²) in [6.45, 7) is 1.55. The highest BCUT2D eigenvalue weighted by Crippen LogP contribution is 2.45. The van der Waals surface area contributed by atoms with Crippen molar-refractivity contribution in [2.75, 3.05) is 5.32 Å². The van der Waals surface area contributed by atoms with Gasteiger partial charge in [-0.3, -0.25) is 20.2 Å². The van der Waals surface area contributed by atoms with Crippen LogP contribution in [0.25, 0.3) is 0 Å². The lowest BCUT2D eigenvalue weighted by molar-refractivity contribution is -0.394. The summed E-state index contributed by atoms with van der Waals surface area (Å²) in [5, 5.41) is 24.1. The van der Waals surface area contributed by atoms with Crippen molar-refractivity contribution >= 4 is 46.0 Å². The molecule has 0 bridgehead atoms. The van der Waals surface area contributed by atoms with Gasteiger partial charge in [0.1, 0.15) is 5.69 Å². The third-order valence-electron chi connectivity index (χ3n) is 3.35. The number of halogens is 5. The Balaban J connectivity index is 2.81. The van der Waals surface area contributed by atoms with Crippen LogP contribution in [0.4, 0.5) is 35.9 Å². The normalized spacial score (nSPS) is 11.3. The van der Waals surface area contributed by atoms with Crippen molar-refractivity contribution in [2.45, 2.75) is 13.1 Å². The van der Waals surface area contributed by atoms with E-state index in [0.717, 1.165) is 0 Å². The molecule has 0 heterocycles. The van der Waals surface area contributed by atoms with Crippen LogP contribution in [-0.2, 0) is 6.18 Å². The summed E-state index contributed by atoms with van der Waals surface area (Å²) in [5.41, 5.74) is -4.53. The maximum Gasteiger partial charge on any atom is 0.418 e. The zero-order chi connectivity index (χ0) is 19.8. The summed E-state index contributed by atoms with van der Waals surface area (Å²) in [5.74, 6) is 0. The molecule has 1 N–H and O–H groups in total. The number of aryl methyl sites for hydroxylation is 1. The molecule has 138 valence electrons. The molecule has 0 aliphatic carbocycles. The number of nitro groups is 2. The second kappa shape index (κ2) is 6.96. The van der Waals surface area contributed by atoms with Crippen molar-refractivity contribution in [2.24, 2.45) is 0 Å². The van der Waals surface area contributed by atoms with Crippen LogP contribution in [-0.4, -0.2) is 9.85 Å². The minimum atomic E-state index is -5.11. The topological polar surface area (TPSA) is 98.3 Å². The molecule has 0 aromatic heterocycles. The lowest BCUT2D eigenvalue weighted by Crippen LogP contribution is -2.12. The summed E-state index contributed by atoms with van der Waals surface area (Å²) < 4.78 is 40.1. The Morgan fingerprint density at radius 1 is 1.04 bits per heavy atom. The molecular formula is C14H8Cl2F3N3O4. The largest absolute Gasteiger partial charge is 0.418 e. The molecule has 0 unspecified atom stereocenters. The number of hydrogen-bond donors (Lipinski definition) is 1. The Kier molecular flexibility index (Phi) is 5.28. The molecule has 0 fully saturated rings. The highest BCUT2D eigenvalue weighted by Gasteiger charge is 2.40. The van der Waals surface area contributed by atoms with Crippen LogP contribution < -0.4 is 5.32 Å². The van der Waals surface area contributed by atoms with Crippen LogP contribution in [0.2, 0.25) is 10.0 Å². The maximum atomic E-state index is 13.4. The van der Waals surface area contributed by atoms with Gasteiger partial charge in [-0.25, -0.2) is 0 Å². The highest BCUT2D eigenvalue weighted by atomic mass is 35.5. The van der Waals surface area contributed by atoms with Crippen molar-refractivity contribution in [3.05, 3.63) is 65.7 Å². The molecule has 0 aliphatic rings. The van der Waals surface area contributed by atoms with Gasteiger partial charge in [0.05, 0.1) is 37.2 Å². The molecule has 2 aromatic carbocycles. The van der Waals surface area contributed by atoms with Crippen LogP contribution in [0, 0.1) is 27.2 Å². The number of anilines is 2. The second-order valence-electron chi connectivity index (χ2n) is 5.08. The average Bonchev–Trinajstić information content (AvgIpc) is 2.53. The summed E-state index contributed by atoms with van der Waals surface area (Å²) in [6.07, 6.45) is -5.11. The summed E-state index contributed by atoms with van der Waals surface area (Å²) >= 11 is 11.9. The van der Waals surface area contributed by atoms with E-state index in [4.69, 9.17) is 23.2 Å². The van der Waals surface area contributed by atoms with E-state index in [1.54, 1.807) is 6.92 Å². The molecule has 0 aliphatic heterocycles. The molecule has 0 spiro atoms. The van der Waals surface area contributed by atoms with Gasteiger partial charge in [-0.15, -0.1) is 0 Å². The van der Waals surface area contributed by atoms with Crippen LogP contribution in [0.5, 0.6) is 0 Å². The smallest absolute Gasteiger partial charge is 0.347 e. The minimum Gasteiger partial charge on any atom is -0.347 e. The maximum absolute atomic E-state index is 13.4. The Morgan fingerprint density at radius 3 is 2.15 bits per heavy atom. The summed E-state index contributed by atoms with van der Waals surface area (Å²) in [6, 6.07) is 3.47. The van der Waals surface area contributed by atoms with Gasteiger partial charge in [-0.2, -0.15) is 13.2 Å². The van der Waals surface area contributed by atoms with Crippen molar-refractivity contribution < 1.29 is 23.0 Å². The predicted molar refractivity (Wildman–Crippen MR) is 89.2 cm³/mol.